The van der Waals surface area contributed by atoms with Gasteiger partial charge in [-0.25, -0.2) is 4.79 Å². The summed E-state index contributed by atoms with van der Waals surface area (Å²) in [7, 11) is 1.58. The number of hydrogen-bond acceptors (Lipinski definition) is 6. The van der Waals surface area contributed by atoms with Gasteiger partial charge in [-0.1, -0.05) is 0 Å². The number of cyclic esters (lactones) is 2. The Bertz CT molecular complexity index is 185. The summed E-state index contributed by atoms with van der Waals surface area (Å²) < 4.78 is 14.5. The molecule has 0 aromatic heterocycles. The average Bonchev–Trinajstić information content (AvgIpc) is 2.50. The van der Waals surface area contributed by atoms with Gasteiger partial charge in [0.1, 0.15) is 6.61 Å². The summed E-state index contributed by atoms with van der Waals surface area (Å²) in [5, 5.41) is 9.89. The van der Waals surface area contributed by atoms with E-state index < -0.39 is 6.16 Å². The van der Waals surface area contributed by atoms with Crippen LogP contribution < -0.4 is 0 Å². The van der Waals surface area contributed by atoms with E-state index in [4.69, 9.17) is 14.7 Å². The third-order valence-corrected chi connectivity index (χ3v) is 1.72. The quantitative estimate of drug-likeness (QED) is 0.381. The van der Waals surface area contributed by atoms with Crippen molar-refractivity contribution in [2.75, 3.05) is 33.4 Å². The number of hydroxylamine groups is 2. The third-order valence-electron chi connectivity index (χ3n) is 1.72. The molecule has 1 heterocycles. The highest BCUT2D eigenvalue weighted by Gasteiger charge is 2.24. The molecule has 1 atom stereocenters. The molecule has 0 aliphatic carbocycles. The Balaban J connectivity index is 1.91. The molecule has 6 heteroatoms. The molecule has 0 aromatic rings. The number of nitrogens with zero attached hydrogens (tertiary/aromatic N) is 1. The zero-order chi connectivity index (χ0) is 10.4. The van der Waals surface area contributed by atoms with Gasteiger partial charge in [-0.15, -0.1) is 0 Å². The molecule has 0 aromatic carbocycles. The van der Waals surface area contributed by atoms with E-state index in [1.54, 1.807) is 7.05 Å². The zero-order valence-corrected chi connectivity index (χ0v) is 8.14. The van der Waals surface area contributed by atoms with Crippen LogP contribution in [0.3, 0.4) is 0 Å². The Labute approximate surface area is 82.3 Å². The van der Waals surface area contributed by atoms with Crippen LogP contribution in [0.1, 0.15) is 6.42 Å². The number of ether oxygens (including phenoxy) is 3. The van der Waals surface area contributed by atoms with Gasteiger partial charge in [0.2, 0.25) is 0 Å². The lowest BCUT2D eigenvalue weighted by Gasteiger charge is -2.09. The lowest BCUT2D eigenvalue weighted by Crippen LogP contribution is -2.20. The predicted octanol–water partition coefficient (Wildman–Crippen LogP) is 0.250. The van der Waals surface area contributed by atoms with E-state index in [0.29, 0.717) is 19.8 Å². The molecule has 1 fully saturated rings. The lowest BCUT2D eigenvalue weighted by molar-refractivity contribution is -0.0706. The van der Waals surface area contributed by atoms with Crippen LogP contribution in [0, 0.1) is 0 Å². The van der Waals surface area contributed by atoms with E-state index in [1.807, 2.05) is 0 Å². The largest absolute Gasteiger partial charge is 0.508 e. The van der Waals surface area contributed by atoms with Crippen LogP contribution in [0.25, 0.3) is 0 Å². The Morgan fingerprint density at radius 3 is 3.07 bits per heavy atom. The minimum Gasteiger partial charge on any atom is -0.430 e. The molecule has 1 rings (SSSR count). The summed E-state index contributed by atoms with van der Waals surface area (Å²) in [6, 6.07) is 0. The smallest absolute Gasteiger partial charge is 0.430 e. The Morgan fingerprint density at radius 2 is 2.50 bits per heavy atom. The van der Waals surface area contributed by atoms with Gasteiger partial charge in [-0.05, 0) is 6.42 Å². The van der Waals surface area contributed by atoms with Crippen LogP contribution in [-0.4, -0.2) is 55.9 Å². The van der Waals surface area contributed by atoms with Crippen molar-refractivity contribution in [3.63, 3.8) is 0 Å². The summed E-state index contributed by atoms with van der Waals surface area (Å²) >= 11 is 0. The summed E-state index contributed by atoms with van der Waals surface area (Å²) in [6.07, 6.45) is -0.183. The van der Waals surface area contributed by atoms with Crippen molar-refractivity contribution in [1.82, 2.24) is 5.06 Å². The summed E-state index contributed by atoms with van der Waals surface area (Å²) in [4.78, 5) is 10.5. The lowest BCUT2D eigenvalue weighted by atomic mass is 10.4. The highest BCUT2D eigenvalue weighted by Crippen LogP contribution is 2.06. The molecule has 6 nitrogen and oxygen atoms in total. The summed E-state index contributed by atoms with van der Waals surface area (Å²) in [5.41, 5.74) is 0. The average molecular weight is 205 g/mol. The van der Waals surface area contributed by atoms with Crippen molar-refractivity contribution < 1.29 is 24.2 Å². The SMILES string of the molecule is CN(O)CCCOC[C@H]1COC(=O)O1. The monoisotopic (exact) mass is 205 g/mol. The van der Waals surface area contributed by atoms with Gasteiger partial charge in [-0.2, -0.15) is 5.06 Å². The first-order chi connectivity index (χ1) is 6.68. The van der Waals surface area contributed by atoms with Crippen molar-refractivity contribution in [1.29, 1.82) is 0 Å². The first-order valence-corrected chi connectivity index (χ1v) is 4.49. The van der Waals surface area contributed by atoms with Crippen LogP contribution in [0.4, 0.5) is 4.79 Å². The second-order valence-corrected chi connectivity index (χ2v) is 3.11. The molecule has 0 saturated carbocycles. The van der Waals surface area contributed by atoms with Crippen molar-refractivity contribution in [2.24, 2.45) is 0 Å². The maximum Gasteiger partial charge on any atom is 0.508 e. The first-order valence-electron chi connectivity index (χ1n) is 4.49. The molecule has 82 valence electrons. The normalized spacial score (nSPS) is 21.1. The van der Waals surface area contributed by atoms with Crippen molar-refractivity contribution in [3.05, 3.63) is 0 Å². The minimum atomic E-state index is -0.631. The van der Waals surface area contributed by atoms with E-state index in [1.165, 1.54) is 0 Å². The predicted molar refractivity (Wildman–Crippen MR) is 46.1 cm³/mol. The van der Waals surface area contributed by atoms with E-state index in [-0.39, 0.29) is 12.7 Å². The van der Waals surface area contributed by atoms with E-state index in [9.17, 15) is 4.79 Å². The van der Waals surface area contributed by atoms with Gasteiger partial charge in [-0.3, -0.25) is 0 Å². The van der Waals surface area contributed by atoms with Crippen LogP contribution in [0.15, 0.2) is 0 Å². The van der Waals surface area contributed by atoms with Gasteiger partial charge in [0, 0.05) is 20.2 Å². The third kappa shape index (κ3) is 4.40. The molecule has 0 amide bonds. The van der Waals surface area contributed by atoms with E-state index in [0.717, 1.165) is 11.5 Å². The van der Waals surface area contributed by atoms with Crippen LogP contribution in [0.2, 0.25) is 0 Å². The Hall–Kier alpha value is -0.850. The standard InChI is InChI=1S/C8H15NO5/c1-9(11)3-2-4-12-5-7-6-13-8(10)14-7/h7,11H,2-6H2,1H3/t7-/m0/s1. The molecule has 14 heavy (non-hydrogen) atoms. The Kier molecular flexibility index (Phi) is 4.64. The van der Waals surface area contributed by atoms with Crippen LogP contribution in [-0.2, 0) is 14.2 Å². The van der Waals surface area contributed by atoms with Gasteiger partial charge in [0.05, 0.1) is 6.61 Å². The maximum absolute atomic E-state index is 10.5. The molecule has 1 aliphatic heterocycles. The molecular formula is C8H15NO5. The minimum absolute atomic E-state index is 0.263. The van der Waals surface area contributed by atoms with Crippen molar-refractivity contribution >= 4 is 6.16 Å². The topological polar surface area (TPSA) is 68.2 Å². The second kappa shape index (κ2) is 5.79. The molecule has 0 radical (unpaired) electrons. The molecule has 0 unspecified atom stereocenters. The molecule has 0 bridgehead atoms. The molecule has 1 saturated heterocycles. The number of carbonyl (C=O) groups is 1. The number of carbonyl (C=O) groups excluding carboxylic acids is 1. The molecule has 0 spiro atoms. The highest BCUT2D eigenvalue weighted by molar-refractivity contribution is 5.61. The van der Waals surface area contributed by atoms with Gasteiger partial charge in [0.25, 0.3) is 0 Å². The fourth-order valence-corrected chi connectivity index (χ4v) is 1.06. The van der Waals surface area contributed by atoms with Crippen LogP contribution in [0.5, 0.6) is 0 Å². The fraction of sp³-hybridized carbons (Fsp3) is 0.875. The van der Waals surface area contributed by atoms with Crippen molar-refractivity contribution in [2.45, 2.75) is 12.5 Å². The molecule has 1 N–H and O–H groups in total. The van der Waals surface area contributed by atoms with Gasteiger partial charge in [0.15, 0.2) is 6.10 Å². The van der Waals surface area contributed by atoms with Crippen molar-refractivity contribution in [3.8, 4) is 0 Å². The first kappa shape index (κ1) is 11.2. The fourth-order valence-electron chi connectivity index (χ4n) is 1.06. The summed E-state index contributed by atoms with van der Waals surface area (Å²) in [5.74, 6) is 0. The Morgan fingerprint density at radius 1 is 1.71 bits per heavy atom. The molecular weight excluding hydrogens is 190 g/mol. The molecule has 1 aliphatic rings. The van der Waals surface area contributed by atoms with E-state index in [2.05, 4.69) is 4.74 Å². The maximum atomic E-state index is 10.5. The van der Waals surface area contributed by atoms with Gasteiger partial charge < -0.3 is 19.4 Å². The number of hydrogen-bond donors (Lipinski definition) is 1. The second-order valence-electron chi connectivity index (χ2n) is 3.11. The highest BCUT2D eigenvalue weighted by atomic mass is 16.8. The number of rotatable bonds is 6. The zero-order valence-electron chi connectivity index (χ0n) is 8.14. The van der Waals surface area contributed by atoms with E-state index >= 15 is 0 Å². The summed E-state index contributed by atoms with van der Waals surface area (Å²) in [6.45, 7) is 1.69. The van der Waals surface area contributed by atoms with Gasteiger partial charge >= 0.3 is 6.16 Å². The van der Waals surface area contributed by atoms with Crippen LogP contribution >= 0.6 is 0 Å².